The van der Waals surface area contributed by atoms with Crippen LogP contribution in [0.15, 0.2) is 40.3 Å². The molecule has 0 saturated heterocycles. The van der Waals surface area contributed by atoms with Crippen LogP contribution < -0.4 is 15.6 Å². The molecule has 0 unspecified atom stereocenters. The number of fused-ring (bicyclic) bond motifs is 1. The second-order valence-electron chi connectivity index (χ2n) is 5.40. The van der Waals surface area contributed by atoms with Gasteiger partial charge in [0.2, 0.25) is 5.91 Å². The number of amides is 1. The van der Waals surface area contributed by atoms with E-state index in [0.717, 1.165) is 4.88 Å². The van der Waals surface area contributed by atoms with E-state index in [2.05, 4.69) is 10.3 Å². The van der Waals surface area contributed by atoms with Crippen LogP contribution >= 0.6 is 23.1 Å². The van der Waals surface area contributed by atoms with Gasteiger partial charge in [0.15, 0.2) is 5.16 Å². The number of carbonyl (C=O) groups excluding carboxylic acids is 1. The van der Waals surface area contributed by atoms with Crippen LogP contribution in [-0.2, 0) is 11.8 Å². The lowest BCUT2D eigenvalue weighted by Crippen LogP contribution is -2.20. The van der Waals surface area contributed by atoms with Gasteiger partial charge in [0.1, 0.15) is 10.6 Å². The lowest BCUT2D eigenvalue weighted by molar-refractivity contribution is -0.113. The number of carbonyl (C=O) groups is 1. The Bertz CT molecular complexity index is 994. The summed E-state index contributed by atoms with van der Waals surface area (Å²) in [6, 6.07) is 9.00. The minimum absolute atomic E-state index is 0.0925. The molecule has 0 bridgehead atoms. The van der Waals surface area contributed by atoms with E-state index in [-0.39, 0.29) is 17.2 Å². The van der Waals surface area contributed by atoms with Crippen LogP contribution in [0.4, 0.5) is 5.69 Å². The standard InChI is InChI=1S/C17H17N3O3S2/c1-10-7-13-15(25-10)19-17(20(2)16(13)22)24-9-14(21)18-11-5-4-6-12(8-11)23-3/h4-8H,9H2,1-3H3,(H,18,21). The highest BCUT2D eigenvalue weighted by atomic mass is 32.2. The zero-order valence-electron chi connectivity index (χ0n) is 14.0. The number of ether oxygens (including phenoxy) is 1. The Labute approximate surface area is 152 Å². The maximum Gasteiger partial charge on any atom is 0.262 e. The van der Waals surface area contributed by atoms with Crippen molar-refractivity contribution in [3.05, 3.63) is 45.6 Å². The molecule has 6 nitrogen and oxygen atoms in total. The summed E-state index contributed by atoms with van der Waals surface area (Å²) in [5.74, 6) is 0.663. The highest BCUT2D eigenvalue weighted by Gasteiger charge is 2.13. The Kier molecular flexibility index (Phi) is 5.10. The number of methoxy groups -OCH3 is 1. The zero-order chi connectivity index (χ0) is 18.0. The number of nitrogens with zero attached hydrogens (tertiary/aromatic N) is 2. The first-order valence-corrected chi connectivity index (χ1v) is 9.32. The summed E-state index contributed by atoms with van der Waals surface area (Å²) >= 11 is 2.72. The molecule has 8 heteroatoms. The number of aryl methyl sites for hydroxylation is 1. The summed E-state index contributed by atoms with van der Waals surface area (Å²) in [5, 5.41) is 3.96. The number of hydrogen-bond donors (Lipinski definition) is 1. The van der Waals surface area contributed by atoms with Gasteiger partial charge in [-0.25, -0.2) is 4.98 Å². The van der Waals surface area contributed by atoms with Crippen LogP contribution in [0.5, 0.6) is 5.75 Å². The van der Waals surface area contributed by atoms with Gasteiger partial charge >= 0.3 is 0 Å². The summed E-state index contributed by atoms with van der Waals surface area (Å²) in [5.41, 5.74) is 0.571. The van der Waals surface area contributed by atoms with Gasteiger partial charge in [0.05, 0.1) is 18.2 Å². The van der Waals surface area contributed by atoms with E-state index in [4.69, 9.17) is 4.74 Å². The molecule has 0 atom stereocenters. The summed E-state index contributed by atoms with van der Waals surface area (Å²) in [7, 11) is 3.25. The first kappa shape index (κ1) is 17.5. The quantitative estimate of drug-likeness (QED) is 0.548. The lowest BCUT2D eigenvalue weighted by Gasteiger charge is -2.08. The first-order chi connectivity index (χ1) is 12.0. The molecule has 0 spiro atoms. The van der Waals surface area contributed by atoms with Gasteiger partial charge in [0, 0.05) is 23.7 Å². The number of thioether (sulfide) groups is 1. The summed E-state index contributed by atoms with van der Waals surface area (Å²) in [6.45, 7) is 1.94. The van der Waals surface area contributed by atoms with E-state index in [1.54, 1.807) is 32.4 Å². The predicted octanol–water partition coefficient (Wildman–Crippen LogP) is 3.04. The molecular formula is C17H17N3O3S2. The van der Waals surface area contributed by atoms with Crippen LogP contribution in [0, 0.1) is 6.92 Å². The van der Waals surface area contributed by atoms with Gasteiger partial charge in [-0.3, -0.25) is 14.2 Å². The van der Waals surface area contributed by atoms with Gasteiger partial charge in [-0.15, -0.1) is 11.3 Å². The number of nitrogens with one attached hydrogen (secondary N) is 1. The van der Waals surface area contributed by atoms with Crippen molar-refractivity contribution in [2.45, 2.75) is 12.1 Å². The van der Waals surface area contributed by atoms with Gasteiger partial charge < -0.3 is 10.1 Å². The fourth-order valence-electron chi connectivity index (χ4n) is 2.32. The maximum absolute atomic E-state index is 12.4. The van der Waals surface area contributed by atoms with Crippen molar-refractivity contribution in [2.75, 3.05) is 18.2 Å². The molecule has 1 N–H and O–H groups in total. The van der Waals surface area contributed by atoms with Crippen molar-refractivity contribution in [2.24, 2.45) is 7.05 Å². The van der Waals surface area contributed by atoms with Crippen LogP contribution in [-0.4, -0.2) is 28.3 Å². The number of aromatic nitrogens is 2. The fourth-order valence-corrected chi connectivity index (χ4v) is 4.02. The third-order valence-corrected chi connectivity index (χ3v) is 5.51. The fraction of sp³-hybridized carbons (Fsp3) is 0.235. The van der Waals surface area contributed by atoms with E-state index >= 15 is 0 Å². The van der Waals surface area contributed by atoms with Crippen LogP contribution in [0.25, 0.3) is 10.2 Å². The Hall–Kier alpha value is -2.32. The molecule has 3 aromatic rings. The number of hydrogen-bond acceptors (Lipinski definition) is 6. The summed E-state index contributed by atoms with van der Waals surface area (Å²) in [4.78, 5) is 30.8. The Morgan fingerprint density at radius 3 is 2.96 bits per heavy atom. The minimum Gasteiger partial charge on any atom is -0.497 e. The molecule has 0 radical (unpaired) electrons. The SMILES string of the molecule is COc1cccc(NC(=O)CSc2nc3sc(C)cc3c(=O)n2C)c1. The third-order valence-electron chi connectivity index (χ3n) is 3.54. The van der Waals surface area contributed by atoms with Crippen molar-refractivity contribution >= 4 is 44.9 Å². The van der Waals surface area contributed by atoms with E-state index < -0.39 is 0 Å². The molecular weight excluding hydrogens is 358 g/mol. The highest BCUT2D eigenvalue weighted by molar-refractivity contribution is 7.99. The second kappa shape index (κ2) is 7.28. The Morgan fingerprint density at radius 2 is 2.20 bits per heavy atom. The highest BCUT2D eigenvalue weighted by Crippen LogP contribution is 2.24. The average molecular weight is 375 g/mol. The smallest absolute Gasteiger partial charge is 0.262 e. The van der Waals surface area contributed by atoms with Crippen molar-refractivity contribution < 1.29 is 9.53 Å². The molecule has 1 amide bonds. The van der Waals surface area contributed by atoms with E-state index in [0.29, 0.717) is 26.8 Å². The number of thiophene rings is 1. The summed E-state index contributed by atoms with van der Waals surface area (Å²) < 4.78 is 6.62. The average Bonchev–Trinajstić information content (AvgIpc) is 2.97. The second-order valence-corrected chi connectivity index (χ2v) is 7.58. The molecule has 3 rings (SSSR count). The van der Waals surface area contributed by atoms with Gasteiger partial charge in [-0.05, 0) is 25.1 Å². The van der Waals surface area contributed by atoms with E-state index in [1.807, 2.05) is 19.1 Å². The number of anilines is 1. The van der Waals surface area contributed by atoms with Crippen LogP contribution in [0.3, 0.4) is 0 Å². The zero-order valence-corrected chi connectivity index (χ0v) is 15.7. The Balaban J connectivity index is 1.72. The molecule has 0 aliphatic carbocycles. The maximum atomic E-state index is 12.4. The van der Waals surface area contributed by atoms with Crippen molar-refractivity contribution in [3.8, 4) is 5.75 Å². The Morgan fingerprint density at radius 1 is 1.40 bits per heavy atom. The number of rotatable bonds is 5. The monoisotopic (exact) mass is 375 g/mol. The molecule has 130 valence electrons. The molecule has 0 aliphatic heterocycles. The van der Waals surface area contributed by atoms with Crippen molar-refractivity contribution in [3.63, 3.8) is 0 Å². The largest absolute Gasteiger partial charge is 0.497 e. The van der Waals surface area contributed by atoms with Gasteiger partial charge in [-0.1, -0.05) is 17.8 Å². The summed E-state index contributed by atoms with van der Waals surface area (Å²) in [6.07, 6.45) is 0. The lowest BCUT2D eigenvalue weighted by atomic mass is 10.3. The van der Waals surface area contributed by atoms with Crippen molar-refractivity contribution in [1.82, 2.24) is 9.55 Å². The normalized spacial score (nSPS) is 10.8. The van der Waals surface area contributed by atoms with E-state index in [1.165, 1.54) is 27.7 Å². The molecule has 0 fully saturated rings. The van der Waals surface area contributed by atoms with Gasteiger partial charge in [-0.2, -0.15) is 0 Å². The van der Waals surface area contributed by atoms with E-state index in [9.17, 15) is 9.59 Å². The molecule has 2 heterocycles. The van der Waals surface area contributed by atoms with Crippen LogP contribution in [0.1, 0.15) is 4.88 Å². The molecule has 0 aliphatic rings. The van der Waals surface area contributed by atoms with Crippen molar-refractivity contribution in [1.29, 1.82) is 0 Å². The minimum atomic E-state index is -0.171. The molecule has 2 aromatic heterocycles. The molecule has 1 aromatic carbocycles. The predicted molar refractivity (Wildman–Crippen MR) is 102 cm³/mol. The van der Waals surface area contributed by atoms with Gasteiger partial charge in [0.25, 0.3) is 5.56 Å². The third kappa shape index (κ3) is 3.85. The first-order valence-electron chi connectivity index (χ1n) is 7.52. The molecule has 0 saturated carbocycles. The van der Waals surface area contributed by atoms with Crippen LogP contribution in [0.2, 0.25) is 0 Å². The molecule has 25 heavy (non-hydrogen) atoms. The topological polar surface area (TPSA) is 73.2 Å². The number of benzene rings is 1.